The van der Waals surface area contributed by atoms with Gasteiger partial charge in [-0.2, -0.15) is 10.4 Å². The molecule has 1 unspecified atom stereocenters. The summed E-state index contributed by atoms with van der Waals surface area (Å²) >= 11 is 6.49. The monoisotopic (exact) mass is 470 g/mol. The van der Waals surface area contributed by atoms with E-state index in [1.807, 2.05) is 77.0 Å². The van der Waals surface area contributed by atoms with Gasteiger partial charge in [-0.25, -0.2) is 14.6 Å². The molecule has 0 bridgehead atoms. The van der Waals surface area contributed by atoms with Crippen molar-refractivity contribution in [3.8, 4) is 17.5 Å². The lowest BCUT2D eigenvalue weighted by Crippen LogP contribution is -2.34. The molecule has 5 rings (SSSR count). The lowest BCUT2D eigenvalue weighted by molar-refractivity contribution is 0.393. The quantitative estimate of drug-likeness (QED) is 0.400. The van der Waals surface area contributed by atoms with Gasteiger partial charge in [0.25, 0.3) is 0 Å². The number of ether oxygens (including phenoxy) is 1. The number of methoxy groups -OCH3 is 1. The van der Waals surface area contributed by atoms with Crippen LogP contribution in [0.1, 0.15) is 41.3 Å². The molecule has 0 radical (unpaired) electrons. The fourth-order valence-corrected chi connectivity index (χ4v) is 4.77. The Labute approximate surface area is 202 Å². The molecule has 7 nitrogen and oxygen atoms in total. The van der Waals surface area contributed by atoms with Gasteiger partial charge in [0.05, 0.1) is 30.9 Å². The molecule has 8 heteroatoms. The summed E-state index contributed by atoms with van der Waals surface area (Å²) in [4.78, 5) is 9.05. The number of nitriles is 1. The summed E-state index contributed by atoms with van der Waals surface area (Å²) in [5.41, 5.74) is 2.66. The maximum absolute atomic E-state index is 10.2. The van der Waals surface area contributed by atoms with Crippen molar-refractivity contribution in [3.63, 3.8) is 0 Å². The van der Waals surface area contributed by atoms with Crippen LogP contribution in [0.4, 0.5) is 0 Å². The second kappa shape index (κ2) is 8.81. The van der Waals surface area contributed by atoms with Crippen LogP contribution in [0.3, 0.4) is 0 Å². The zero-order valence-corrected chi connectivity index (χ0v) is 19.7. The van der Waals surface area contributed by atoms with Crippen LogP contribution in [0.15, 0.2) is 55.0 Å². The predicted octanol–water partition coefficient (Wildman–Crippen LogP) is 5.21. The average Bonchev–Trinajstić information content (AvgIpc) is 3.49. The van der Waals surface area contributed by atoms with E-state index >= 15 is 0 Å². The van der Waals surface area contributed by atoms with E-state index in [2.05, 4.69) is 16.2 Å². The van der Waals surface area contributed by atoms with Crippen molar-refractivity contribution < 1.29 is 4.74 Å². The topological polar surface area (TPSA) is 81.5 Å². The minimum absolute atomic E-state index is 0.553. The molecule has 3 heterocycles. The summed E-state index contributed by atoms with van der Waals surface area (Å²) in [7, 11) is 1.65. The van der Waals surface area contributed by atoms with Crippen LogP contribution in [0.2, 0.25) is 5.02 Å². The molecule has 170 valence electrons. The number of aromatic nitrogens is 5. The first-order valence-corrected chi connectivity index (χ1v) is 11.4. The molecule has 1 aliphatic heterocycles. The van der Waals surface area contributed by atoms with Crippen LogP contribution < -0.4 is 4.74 Å². The Hall–Kier alpha value is -3.89. The maximum Gasteiger partial charge on any atom is 0.174 e. The highest BCUT2D eigenvalue weighted by molar-refractivity contribution is 6.31. The summed E-state index contributed by atoms with van der Waals surface area (Å²) in [5, 5.41) is 15.5. The second-order valence-corrected chi connectivity index (χ2v) is 8.71. The minimum Gasteiger partial charge on any atom is -0.495 e. The number of aryl methyl sites for hydroxylation is 2. The molecule has 4 aromatic rings. The highest BCUT2D eigenvalue weighted by Crippen LogP contribution is 2.41. The molecule has 0 saturated carbocycles. The summed E-state index contributed by atoms with van der Waals surface area (Å²) < 4.78 is 9.37. The largest absolute Gasteiger partial charge is 0.495 e. The number of hydrogen-bond acceptors (Lipinski definition) is 5. The minimum atomic E-state index is -0.913. The van der Waals surface area contributed by atoms with Crippen molar-refractivity contribution >= 4 is 23.8 Å². The molecule has 0 spiro atoms. The van der Waals surface area contributed by atoms with Gasteiger partial charge in [-0.15, -0.1) is 0 Å². The van der Waals surface area contributed by atoms with Crippen LogP contribution in [-0.4, -0.2) is 31.4 Å². The second-order valence-electron chi connectivity index (χ2n) is 8.30. The molecule has 0 amide bonds. The van der Waals surface area contributed by atoms with Gasteiger partial charge >= 0.3 is 0 Å². The SMILES string of the molecule is COc1cc(C=Cc2nc3n(n2)CCCC3(C#N)c2ccccc2Cl)ccc1-n1cnc(C)c1. The first-order chi connectivity index (χ1) is 16.5. The van der Waals surface area contributed by atoms with Crippen molar-refractivity contribution in [2.75, 3.05) is 7.11 Å². The lowest BCUT2D eigenvalue weighted by atomic mass is 9.75. The summed E-state index contributed by atoms with van der Waals surface area (Å²) in [6.45, 7) is 2.67. The van der Waals surface area contributed by atoms with Crippen LogP contribution in [-0.2, 0) is 12.0 Å². The van der Waals surface area contributed by atoms with E-state index in [-0.39, 0.29) is 0 Å². The zero-order chi connectivity index (χ0) is 23.7. The fourth-order valence-electron chi connectivity index (χ4n) is 4.47. The van der Waals surface area contributed by atoms with Gasteiger partial charge in [-0.05, 0) is 55.2 Å². The van der Waals surface area contributed by atoms with Crippen LogP contribution in [0, 0.1) is 18.3 Å². The molecule has 2 aromatic heterocycles. The van der Waals surface area contributed by atoms with E-state index in [9.17, 15) is 5.26 Å². The van der Waals surface area contributed by atoms with Crippen LogP contribution >= 0.6 is 11.6 Å². The first-order valence-electron chi connectivity index (χ1n) is 11.0. The maximum atomic E-state index is 10.2. The molecule has 0 aliphatic carbocycles. The van der Waals surface area contributed by atoms with Crippen LogP contribution in [0.25, 0.3) is 17.8 Å². The third-order valence-corrected chi connectivity index (χ3v) is 6.46. The number of nitrogens with zero attached hydrogens (tertiary/aromatic N) is 6. The van der Waals surface area contributed by atoms with Gasteiger partial charge in [-0.1, -0.05) is 41.9 Å². The normalized spacial score (nSPS) is 17.5. The van der Waals surface area contributed by atoms with Gasteiger partial charge in [0, 0.05) is 17.8 Å². The smallest absolute Gasteiger partial charge is 0.174 e. The third kappa shape index (κ3) is 3.76. The van der Waals surface area contributed by atoms with Crippen molar-refractivity contribution in [1.29, 1.82) is 5.26 Å². The molecular weight excluding hydrogens is 448 g/mol. The molecule has 0 N–H and O–H groups in total. The van der Waals surface area contributed by atoms with Crippen molar-refractivity contribution in [2.24, 2.45) is 0 Å². The molecule has 1 atom stereocenters. The molecule has 1 aliphatic rings. The van der Waals surface area contributed by atoms with E-state index < -0.39 is 5.41 Å². The summed E-state index contributed by atoms with van der Waals surface area (Å²) in [6.07, 6.45) is 8.99. The Balaban J connectivity index is 1.48. The Morgan fingerprint density at radius 3 is 2.79 bits per heavy atom. The molecule has 0 saturated heterocycles. The molecular formula is C26H23ClN6O. The number of halogens is 1. The van der Waals surface area contributed by atoms with E-state index in [1.165, 1.54) is 0 Å². The van der Waals surface area contributed by atoms with E-state index in [0.717, 1.165) is 41.2 Å². The third-order valence-electron chi connectivity index (χ3n) is 6.13. The Morgan fingerprint density at radius 1 is 1.21 bits per heavy atom. The highest BCUT2D eigenvalue weighted by atomic mass is 35.5. The summed E-state index contributed by atoms with van der Waals surface area (Å²) in [6, 6.07) is 15.9. The van der Waals surface area contributed by atoms with E-state index in [4.69, 9.17) is 21.3 Å². The number of benzene rings is 2. The van der Waals surface area contributed by atoms with Crippen molar-refractivity contribution in [3.05, 3.63) is 88.5 Å². The molecule has 2 aromatic carbocycles. The highest BCUT2D eigenvalue weighted by Gasteiger charge is 2.43. The Bertz CT molecular complexity index is 1430. The van der Waals surface area contributed by atoms with E-state index in [1.54, 1.807) is 13.4 Å². The van der Waals surface area contributed by atoms with E-state index in [0.29, 0.717) is 23.1 Å². The van der Waals surface area contributed by atoms with Gasteiger partial charge < -0.3 is 9.30 Å². The predicted molar refractivity (Wildman–Crippen MR) is 131 cm³/mol. The number of imidazole rings is 1. The number of fused-ring (bicyclic) bond motifs is 1. The Morgan fingerprint density at radius 2 is 2.06 bits per heavy atom. The fraction of sp³-hybridized carbons (Fsp3) is 0.231. The molecule has 34 heavy (non-hydrogen) atoms. The molecule has 0 fully saturated rings. The lowest BCUT2D eigenvalue weighted by Gasteiger charge is -2.31. The van der Waals surface area contributed by atoms with Gasteiger partial charge in [0.2, 0.25) is 0 Å². The first kappa shape index (κ1) is 21.9. The number of rotatable bonds is 5. The number of hydrogen-bond donors (Lipinski definition) is 0. The van der Waals surface area contributed by atoms with Gasteiger partial charge in [0.1, 0.15) is 11.2 Å². The van der Waals surface area contributed by atoms with Gasteiger partial charge in [-0.3, -0.25) is 0 Å². The van der Waals surface area contributed by atoms with Gasteiger partial charge in [0.15, 0.2) is 11.6 Å². The summed E-state index contributed by atoms with van der Waals surface area (Å²) in [5.74, 6) is 1.92. The van der Waals surface area contributed by atoms with Crippen molar-refractivity contribution in [1.82, 2.24) is 24.3 Å². The Kier molecular flexibility index (Phi) is 5.68. The van der Waals surface area contributed by atoms with Crippen molar-refractivity contribution in [2.45, 2.75) is 31.7 Å². The standard InChI is InChI=1S/C26H23ClN6O/c1-18-15-32(17-29-18)22-10-8-19(14-23(22)34-2)9-11-24-30-25-26(16-28,12-5-13-33(25)31-24)20-6-3-4-7-21(20)27/h3-4,6-11,14-15,17H,5,12-13H2,1-2H3. The average molecular weight is 471 g/mol. The zero-order valence-electron chi connectivity index (χ0n) is 18.9. The van der Waals surface area contributed by atoms with Crippen LogP contribution in [0.5, 0.6) is 5.75 Å².